The summed E-state index contributed by atoms with van der Waals surface area (Å²) >= 11 is 0. The minimum atomic E-state index is -0.272. The van der Waals surface area contributed by atoms with Gasteiger partial charge in [-0.1, -0.05) is 25.9 Å². The van der Waals surface area contributed by atoms with Crippen molar-refractivity contribution in [2.75, 3.05) is 31.1 Å². The lowest BCUT2D eigenvalue weighted by molar-refractivity contribution is 0.269. The van der Waals surface area contributed by atoms with Gasteiger partial charge in [-0.05, 0) is 24.6 Å². The number of anilines is 1. The third-order valence-corrected chi connectivity index (χ3v) is 4.94. The van der Waals surface area contributed by atoms with Gasteiger partial charge in [-0.3, -0.25) is 4.90 Å². The summed E-state index contributed by atoms with van der Waals surface area (Å²) in [7, 11) is 0. The lowest BCUT2D eigenvalue weighted by Crippen LogP contribution is -2.31. The number of benzene rings is 1. The molecule has 28 heavy (non-hydrogen) atoms. The van der Waals surface area contributed by atoms with Crippen LogP contribution in [0.2, 0.25) is 0 Å². The average Bonchev–Trinajstić information content (AvgIpc) is 3.01. The van der Waals surface area contributed by atoms with Gasteiger partial charge in [0.05, 0.1) is 12.1 Å². The van der Waals surface area contributed by atoms with Crippen molar-refractivity contribution < 1.29 is 8.91 Å². The van der Waals surface area contributed by atoms with Gasteiger partial charge in [0.1, 0.15) is 18.0 Å². The predicted molar refractivity (Wildman–Crippen MR) is 105 cm³/mol. The van der Waals surface area contributed by atoms with Gasteiger partial charge in [0.25, 0.3) is 0 Å². The molecule has 0 bridgehead atoms. The summed E-state index contributed by atoms with van der Waals surface area (Å²) in [6.45, 7) is 10.3. The molecule has 3 aromatic rings. The third-order valence-electron chi connectivity index (χ3n) is 4.94. The van der Waals surface area contributed by atoms with Crippen molar-refractivity contribution in [1.29, 1.82) is 0 Å². The minimum absolute atomic E-state index is 0.149. The van der Waals surface area contributed by atoms with E-state index in [9.17, 15) is 4.39 Å². The second-order valence-electron chi connectivity index (χ2n) is 8.24. The van der Waals surface area contributed by atoms with Gasteiger partial charge in [-0.2, -0.15) is 4.98 Å². The number of halogens is 1. The highest BCUT2D eigenvalue weighted by Crippen LogP contribution is 2.25. The molecule has 1 saturated heterocycles. The average molecular weight is 384 g/mol. The van der Waals surface area contributed by atoms with Gasteiger partial charge < -0.3 is 9.42 Å². The summed E-state index contributed by atoms with van der Waals surface area (Å²) in [5.74, 6) is 1.90. The molecule has 0 unspecified atom stereocenters. The third kappa shape index (κ3) is 3.96. The number of aromatic nitrogens is 4. The van der Waals surface area contributed by atoms with Crippen molar-refractivity contribution in [1.82, 2.24) is 25.0 Å². The highest BCUT2D eigenvalue weighted by molar-refractivity contribution is 5.89. The van der Waals surface area contributed by atoms with E-state index in [-0.39, 0.29) is 11.2 Å². The first-order chi connectivity index (χ1) is 13.4. The summed E-state index contributed by atoms with van der Waals surface area (Å²) in [6.07, 6.45) is 2.52. The fraction of sp³-hybridized carbons (Fsp3) is 0.500. The molecule has 0 N–H and O–H groups in total. The van der Waals surface area contributed by atoms with Crippen molar-refractivity contribution in [3.05, 3.63) is 42.1 Å². The molecule has 8 heteroatoms. The van der Waals surface area contributed by atoms with E-state index in [1.165, 1.54) is 12.1 Å². The molecule has 1 aromatic carbocycles. The molecule has 0 amide bonds. The van der Waals surface area contributed by atoms with Crippen LogP contribution in [0.4, 0.5) is 10.2 Å². The van der Waals surface area contributed by atoms with Gasteiger partial charge in [-0.15, -0.1) is 0 Å². The van der Waals surface area contributed by atoms with Gasteiger partial charge in [-0.25, -0.2) is 14.4 Å². The molecule has 0 radical (unpaired) electrons. The maximum absolute atomic E-state index is 13.7. The summed E-state index contributed by atoms with van der Waals surface area (Å²) in [5, 5.41) is 4.89. The molecule has 3 heterocycles. The molecule has 7 nitrogen and oxygen atoms in total. The van der Waals surface area contributed by atoms with Crippen LogP contribution in [0.15, 0.2) is 29.0 Å². The fourth-order valence-corrected chi connectivity index (χ4v) is 3.43. The van der Waals surface area contributed by atoms with Crippen molar-refractivity contribution in [2.24, 2.45) is 0 Å². The van der Waals surface area contributed by atoms with Crippen LogP contribution in [0.3, 0.4) is 0 Å². The molecule has 0 spiro atoms. The summed E-state index contributed by atoms with van der Waals surface area (Å²) in [5.41, 5.74) is 0.610. The Bertz CT molecular complexity index is 967. The lowest BCUT2D eigenvalue weighted by atomic mass is 9.97. The zero-order chi connectivity index (χ0) is 19.7. The SMILES string of the molecule is CC(C)(C)c1nc(CN2CCCN(c3ncnc4ccc(F)cc34)CC2)no1. The molecular weight excluding hydrogens is 359 g/mol. The van der Waals surface area contributed by atoms with E-state index in [0.29, 0.717) is 18.3 Å². The van der Waals surface area contributed by atoms with Crippen LogP contribution in [-0.2, 0) is 12.0 Å². The molecule has 0 aliphatic carbocycles. The topological polar surface area (TPSA) is 71.2 Å². The normalized spacial score (nSPS) is 16.5. The van der Waals surface area contributed by atoms with Gasteiger partial charge >= 0.3 is 0 Å². The Hall–Kier alpha value is -2.61. The largest absolute Gasteiger partial charge is 0.355 e. The maximum Gasteiger partial charge on any atom is 0.232 e. The van der Waals surface area contributed by atoms with E-state index in [4.69, 9.17) is 4.52 Å². The quantitative estimate of drug-likeness (QED) is 0.687. The highest BCUT2D eigenvalue weighted by atomic mass is 19.1. The number of nitrogens with zero attached hydrogens (tertiary/aromatic N) is 6. The summed E-state index contributed by atoms with van der Waals surface area (Å²) in [4.78, 5) is 17.8. The molecule has 4 rings (SSSR count). The fourth-order valence-electron chi connectivity index (χ4n) is 3.43. The van der Waals surface area contributed by atoms with Crippen LogP contribution in [0.1, 0.15) is 38.9 Å². The first kappa shape index (κ1) is 18.7. The van der Waals surface area contributed by atoms with E-state index < -0.39 is 0 Å². The Balaban J connectivity index is 1.47. The molecule has 0 saturated carbocycles. The Morgan fingerprint density at radius 1 is 1.11 bits per heavy atom. The van der Waals surface area contributed by atoms with Crippen molar-refractivity contribution in [3.8, 4) is 0 Å². The summed E-state index contributed by atoms with van der Waals surface area (Å²) in [6, 6.07) is 4.64. The van der Waals surface area contributed by atoms with Crippen molar-refractivity contribution in [2.45, 2.75) is 39.2 Å². The Kier molecular flexibility index (Phi) is 4.97. The van der Waals surface area contributed by atoms with Crippen LogP contribution in [0.25, 0.3) is 10.9 Å². The second-order valence-corrected chi connectivity index (χ2v) is 8.24. The molecular formula is C20H25FN6O. The van der Waals surface area contributed by atoms with E-state index in [2.05, 4.69) is 50.7 Å². The predicted octanol–water partition coefficient (Wildman–Crippen LogP) is 3.16. The van der Waals surface area contributed by atoms with Crippen molar-refractivity contribution >= 4 is 16.7 Å². The van der Waals surface area contributed by atoms with Gasteiger partial charge in [0.2, 0.25) is 5.89 Å². The zero-order valence-electron chi connectivity index (χ0n) is 16.5. The van der Waals surface area contributed by atoms with Crippen LogP contribution < -0.4 is 4.90 Å². The summed E-state index contributed by atoms with van der Waals surface area (Å²) < 4.78 is 19.2. The first-order valence-corrected chi connectivity index (χ1v) is 9.61. The Morgan fingerprint density at radius 3 is 2.75 bits per heavy atom. The molecule has 1 aliphatic rings. The molecule has 1 fully saturated rings. The number of fused-ring (bicyclic) bond motifs is 1. The number of rotatable bonds is 3. The standard InChI is InChI=1S/C20H25FN6O/c1-20(2,3)19-24-17(25-28-19)12-26-7-4-8-27(10-9-26)18-15-11-14(21)5-6-16(15)22-13-23-18/h5-6,11,13H,4,7-10,12H2,1-3H3. The lowest BCUT2D eigenvalue weighted by Gasteiger charge is -2.23. The number of hydrogen-bond acceptors (Lipinski definition) is 7. The maximum atomic E-state index is 13.7. The molecule has 0 atom stereocenters. The van der Waals surface area contributed by atoms with Gasteiger partial charge in [0.15, 0.2) is 5.82 Å². The van der Waals surface area contributed by atoms with Crippen LogP contribution in [0.5, 0.6) is 0 Å². The van der Waals surface area contributed by atoms with E-state index in [1.807, 2.05) is 0 Å². The van der Waals surface area contributed by atoms with Crippen LogP contribution in [0, 0.1) is 5.82 Å². The molecule has 2 aromatic heterocycles. The van der Waals surface area contributed by atoms with E-state index in [0.717, 1.165) is 49.3 Å². The number of hydrogen-bond donors (Lipinski definition) is 0. The van der Waals surface area contributed by atoms with Crippen LogP contribution >= 0.6 is 0 Å². The van der Waals surface area contributed by atoms with Gasteiger partial charge in [0, 0.05) is 37.0 Å². The highest BCUT2D eigenvalue weighted by Gasteiger charge is 2.24. The minimum Gasteiger partial charge on any atom is -0.355 e. The monoisotopic (exact) mass is 384 g/mol. The molecule has 148 valence electrons. The van der Waals surface area contributed by atoms with E-state index >= 15 is 0 Å². The second kappa shape index (κ2) is 7.43. The zero-order valence-corrected chi connectivity index (χ0v) is 16.5. The van der Waals surface area contributed by atoms with E-state index in [1.54, 1.807) is 12.4 Å². The Labute approximate surface area is 163 Å². The first-order valence-electron chi connectivity index (χ1n) is 9.61. The molecule has 1 aliphatic heterocycles. The Morgan fingerprint density at radius 2 is 1.96 bits per heavy atom. The smallest absolute Gasteiger partial charge is 0.232 e. The van der Waals surface area contributed by atoms with Crippen LogP contribution in [-0.4, -0.2) is 51.2 Å². The van der Waals surface area contributed by atoms with Crippen molar-refractivity contribution in [3.63, 3.8) is 0 Å².